The number of nitrogens with zero attached hydrogens (tertiary/aromatic N) is 3. The number of aromatic amines is 1. The molecule has 120 valence electrons. The van der Waals surface area contributed by atoms with Crippen LogP contribution in [0.5, 0.6) is 0 Å². The summed E-state index contributed by atoms with van der Waals surface area (Å²) >= 11 is 0. The molecule has 0 aliphatic heterocycles. The molecule has 1 N–H and O–H groups in total. The van der Waals surface area contributed by atoms with Gasteiger partial charge in [-0.3, -0.25) is 0 Å². The summed E-state index contributed by atoms with van der Waals surface area (Å²) in [5, 5.41) is 0. The van der Waals surface area contributed by atoms with Gasteiger partial charge in [0.15, 0.2) is 0 Å². The molecule has 0 spiro atoms. The Bertz CT molecular complexity index is 675. The molecule has 1 aromatic carbocycles. The maximum Gasteiger partial charge on any atom is 0.356 e. The number of hydrogen-bond acceptors (Lipinski definition) is 4. The van der Waals surface area contributed by atoms with Crippen LogP contribution in [0.2, 0.25) is 0 Å². The molecule has 1 unspecified atom stereocenters. The third-order valence-corrected chi connectivity index (χ3v) is 3.26. The maximum atomic E-state index is 11.8. The number of carbonyl (C=O) groups excluding carboxylic acids is 1. The molecule has 0 bridgehead atoms. The summed E-state index contributed by atoms with van der Waals surface area (Å²) in [5.74, 6) is -0.335. The lowest BCUT2D eigenvalue weighted by Crippen LogP contribution is -2.15. The molecule has 3 rings (SSSR count). The van der Waals surface area contributed by atoms with Crippen molar-refractivity contribution < 1.29 is 9.53 Å². The highest BCUT2D eigenvalue weighted by molar-refractivity contribution is 5.87. The number of aromatic nitrogens is 4. The van der Waals surface area contributed by atoms with Gasteiger partial charge in [-0.2, -0.15) is 0 Å². The van der Waals surface area contributed by atoms with Crippen molar-refractivity contribution in [3.05, 3.63) is 72.8 Å². The quantitative estimate of drug-likeness (QED) is 0.751. The van der Waals surface area contributed by atoms with E-state index >= 15 is 0 Å². The van der Waals surface area contributed by atoms with Crippen LogP contribution >= 0.6 is 0 Å². The topological polar surface area (TPSA) is 72.8 Å². The lowest BCUT2D eigenvalue weighted by atomic mass is 10.1. The highest BCUT2D eigenvalue weighted by atomic mass is 16.5. The average Bonchev–Trinajstić information content (AvgIpc) is 3.29. The van der Waals surface area contributed by atoms with E-state index in [0.717, 1.165) is 5.56 Å². The van der Waals surface area contributed by atoms with Gasteiger partial charge in [-0.05, 0) is 19.4 Å². The van der Waals surface area contributed by atoms with Crippen LogP contribution in [0.3, 0.4) is 0 Å². The van der Waals surface area contributed by atoms with Crippen molar-refractivity contribution in [1.29, 1.82) is 0 Å². The van der Waals surface area contributed by atoms with Gasteiger partial charge in [0.2, 0.25) is 0 Å². The molecule has 3 aromatic rings. The predicted octanol–water partition coefficient (Wildman–Crippen LogP) is 3.08. The smallest absolute Gasteiger partial charge is 0.356 e. The lowest BCUT2D eigenvalue weighted by molar-refractivity contribution is 0.0512. The largest absolute Gasteiger partial charge is 0.461 e. The first kappa shape index (κ1) is 16.5. The van der Waals surface area contributed by atoms with Crippen LogP contribution < -0.4 is 0 Å². The van der Waals surface area contributed by atoms with Crippen LogP contribution in [0.4, 0.5) is 0 Å². The number of imidazole rings is 2. The predicted molar refractivity (Wildman–Crippen MR) is 87.0 cm³/mol. The molecular formula is C17H20N4O2. The zero-order valence-corrected chi connectivity index (χ0v) is 13.2. The van der Waals surface area contributed by atoms with Gasteiger partial charge in [0.05, 0.1) is 31.5 Å². The molecule has 1 atom stereocenters. The van der Waals surface area contributed by atoms with Crippen LogP contribution in [0, 0.1) is 0 Å². The molecule has 6 heteroatoms. The summed E-state index contributed by atoms with van der Waals surface area (Å²) < 4.78 is 6.84. The Labute approximate surface area is 135 Å². The highest BCUT2D eigenvalue weighted by Crippen LogP contribution is 2.19. The fourth-order valence-electron chi connectivity index (χ4n) is 2.08. The molecule has 0 saturated heterocycles. The Morgan fingerprint density at radius 2 is 2.09 bits per heavy atom. The summed E-state index contributed by atoms with van der Waals surface area (Å²) in [5.41, 5.74) is 1.61. The first-order valence-corrected chi connectivity index (χ1v) is 7.40. The third kappa shape index (κ3) is 4.54. The minimum absolute atomic E-state index is 0.0492. The van der Waals surface area contributed by atoms with Crippen molar-refractivity contribution in [3.8, 4) is 0 Å². The van der Waals surface area contributed by atoms with Crippen LogP contribution in [0.15, 0.2) is 61.6 Å². The van der Waals surface area contributed by atoms with Crippen molar-refractivity contribution in [3.63, 3.8) is 0 Å². The van der Waals surface area contributed by atoms with Gasteiger partial charge in [-0.15, -0.1) is 0 Å². The number of rotatable bonds is 4. The lowest BCUT2D eigenvalue weighted by Gasteiger charge is -2.16. The fraction of sp³-hybridized carbons (Fsp3) is 0.235. The number of H-pyrrole nitrogens is 1. The average molecular weight is 312 g/mol. The Hall–Kier alpha value is -2.89. The molecule has 0 aliphatic rings. The van der Waals surface area contributed by atoms with Gasteiger partial charge in [0, 0.05) is 12.4 Å². The van der Waals surface area contributed by atoms with Gasteiger partial charge in [-0.1, -0.05) is 30.3 Å². The van der Waals surface area contributed by atoms with Crippen LogP contribution in [0.1, 0.15) is 35.9 Å². The fourth-order valence-corrected chi connectivity index (χ4v) is 2.08. The standard InChI is InChI=1S/C14H16N2O2.C3H4N2/c1-3-18-14(17)13-9-15-10-16(13)11(2)12-7-5-4-6-8-12;1-2-5-3-4-1/h4-11H,3H2,1-2H3;1-3H,(H,4,5). The van der Waals surface area contributed by atoms with E-state index in [1.54, 1.807) is 32.0 Å². The maximum absolute atomic E-state index is 11.8. The Kier molecular flexibility index (Phi) is 6.11. The summed E-state index contributed by atoms with van der Waals surface area (Å²) in [7, 11) is 0. The van der Waals surface area contributed by atoms with E-state index in [2.05, 4.69) is 15.0 Å². The minimum Gasteiger partial charge on any atom is -0.461 e. The molecule has 23 heavy (non-hydrogen) atoms. The number of ether oxygens (including phenoxy) is 1. The molecular weight excluding hydrogens is 292 g/mol. The SMILES string of the molecule is CCOC(=O)c1cncn1C(C)c1ccccc1.c1c[nH]cn1. The summed E-state index contributed by atoms with van der Waals surface area (Å²) in [6, 6.07) is 10.0. The highest BCUT2D eigenvalue weighted by Gasteiger charge is 2.17. The monoisotopic (exact) mass is 312 g/mol. The Balaban J connectivity index is 0.000000326. The van der Waals surface area contributed by atoms with E-state index in [1.165, 1.54) is 6.20 Å². The molecule has 2 aromatic heterocycles. The number of hydrogen-bond donors (Lipinski definition) is 1. The number of esters is 1. The molecule has 0 amide bonds. The van der Waals surface area contributed by atoms with Crippen LogP contribution in [0.25, 0.3) is 0 Å². The normalized spacial score (nSPS) is 11.2. The van der Waals surface area contributed by atoms with Crippen molar-refractivity contribution in [2.45, 2.75) is 19.9 Å². The summed E-state index contributed by atoms with van der Waals surface area (Å²) in [6.45, 7) is 4.18. The van der Waals surface area contributed by atoms with Crippen molar-refractivity contribution in [2.24, 2.45) is 0 Å². The third-order valence-electron chi connectivity index (χ3n) is 3.26. The molecule has 0 saturated carbocycles. The second-order valence-corrected chi connectivity index (χ2v) is 4.75. The molecule has 0 fully saturated rings. The van der Waals surface area contributed by atoms with E-state index in [1.807, 2.05) is 41.8 Å². The number of carbonyl (C=O) groups is 1. The second-order valence-electron chi connectivity index (χ2n) is 4.75. The first-order chi connectivity index (χ1) is 11.2. The molecule has 0 aliphatic carbocycles. The Morgan fingerprint density at radius 3 is 2.65 bits per heavy atom. The van der Waals surface area contributed by atoms with Gasteiger partial charge in [0.25, 0.3) is 0 Å². The minimum atomic E-state index is -0.335. The van der Waals surface area contributed by atoms with Crippen molar-refractivity contribution in [1.82, 2.24) is 19.5 Å². The summed E-state index contributed by atoms with van der Waals surface area (Å²) in [6.07, 6.45) is 8.28. The van der Waals surface area contributed by atoms with Gasteiger partial charge in [0.1, 0.15) is 5.69 Å². The summed E-state index contributed by atoms with van der Waals surface area (Å²) in [4.78, 5) is 22.2. The van der Waals surface area contributed by atoms with E-state index in [-0.39, 0.29) is 12.0 Å². The van der Waals surface area contributed by atoms with Crippen LogP contribution in [-0.4, -0.2) is 32.1 Å². The molecule has 6 nitrogen and oxygen atoms in total. The second kappa shape index (κ2) is 8.53. The number of nitrogens with one attached hydrogen (secondary N) is 1. The van der Waals surface area contributed by atoms with Crippen molar-refractivity contribution in [2.75, 3.05) is 6.61 Å². The van der Waals surface area contributed by atoms with E-state index in [0.29, 0.717) is 12.3 Å². The van der Waals surface area contributed by atoms with E-state index in [9.17, 15) is 4.79 Å². The van der Waals surface area contributed by atoms with Gasteiger partial charge in [-0.25, -0.2) is 14.8 Å². The molecule has 0 radical (unpaired) electrons. The van der Waals surface area contributed by atoms with E-state index < -0.39 is 0 Å². The van der Waals surface area contributed by atoms with Crippen LogP contribution in [-0.2, 0) is 4.74 Å². The number of benzene rings is 1. The zero-order chi connectivity index (χ0) is 16.5. The zero-order valence-electron chi connectivity index (χ0n) is 13.2. The van der Waals surface area contributed by atoms with Crippen molar-refractivity contribution >= 4 is 5.97 Å². The van der Waals surface area contributed by atoms with Gasteiger partial charge < -0.3 is 14.3 Å². The Morgan fingerprint density at radius 1 is 1.30 bits per heavy atom. The molecule has 2 heterocycles. The van der Waals surface area contributed by atoms with Gasteiger partial charge >= 0.3 is 5.97 Å². The first-order valence-electron chi connectivity index (χ1n) is 7.40. The van der Waals surface area contributed by atoms with E-state index in [4.69, 9.17) is 4.74 Å².